The first kappa shape index (κ1) is 13.5. The molecule has 0 saturated carbocycles. The molecule has 0 bridgehead atoms. The van der Waals surface area contributed by atoms with Gasteiger partial charge < -0.3 is 5.73 Å². The van der Waals surface area contributed by atoms with Crippen LogP contribution in [0, 0.1) is 6.92 Å². The lowest BCUT2D eigenvalue weighted by molar-refractivity contribution is 0.867. The Balaban J connectivity index is 0.00000128. The van der Waals surface area contributed by atoms with Gasteiger partial charge in [0.25, 0.3) is 0 Å². The van der Waals surface area contributed by atoms with Gasteiger partial charge in [0.2, 0.25) is 0 Å². The molecule has 16 heavy (non-hydrogen) atoms. The lowest BCUT2D eigenvalue weighted by atomic mass is 9.98. The second-order valence-corrected chi connectivity index (χ2v) is 4.75. The molecule has 0 unspecified atom stereocenters. The van der Waals surface area contributed by atoms with Gasteiger partial charge in [-0.2, -0.15) is 11.3 Å². The molecule has 0 amide bonds. The van der Waals surface area contributed by atoms with E-state index in [9.17, 15) is 0 Å². The maximum absolute atomic E-state index is 6.18. The van der Waals surface area contributed by atoms with Crippen LogP contribution >= 0.6 is 35.3 Å². The number of halogens is 2. The van der Waals surface area contributed by atoms with Crippen LogP contribution in [-0.4, -0.2) is 0 Å². The second kappa shape index (κ2) is 5.69. The van der Waals surface area contributed by atoms with Crippen LogP contribution in [0.4, 0.5) is 0 Å². The van der Waals surface area contributed by atoms with Crippen molar-refractivity contribution in [3.05, 3.63) is 56.7 Å². The van der Waals surface area contributed by atoms with Crippen molar-refractivity contribution in [1.82, 2.24) is 0 Å². The van der Waals surface area contributed by atoms with Crippen LogP contribution in [0.15, 0.2) is 35.0 Å². The molecule has 0 aliphatic carbocycles. The van der Waals surface area contributed by atoms with Crippen molar-refractivity contribution in [2.75, 3.05) is 0 Å². The minimum atomic E-state index is -0.0477. The Labute approximate surface area is 111 Å². The van der Waals surface area contributed by atoms with Crippen molar-refractivity contribution < 1.29 is 0 Å². The van der Waals surface area contributed by atoms with Crippen LogP contribution in [0.2, 0.25) is 5.02 Å². The molecule has 0 aliphatic rings. The quantitative estimate of drug-likeness (QED) is 0.873. The molecule has 1 nitrogen and oxygen atoms in total. The van der Waals surface area contributed by atoms with E-state index in [1.54, 1.807) is 11.3 Å². The monoisotopic (exact) mass is 273 g/mol. The van der Waals surface area contributed by atoms with E-state index in [2.05, 4.69) is 11.4 Å². The number of hydrogen-bond donors (Lipinski definition) is 1. The Morgan fingerprint density at radius 1 is 1.31 bits per heavy atom. The van der Waals surface area contributed by atoms with Gasteiger partial charge in [-0.25, -0.2) is 0 Å². The number of nitrogens with two attached hydrogens (primary N) is 1. The van der Waals surface area contributed by atoms with Crippen LogP contribution in [0.5, 0.6) is 0 Å². The van der Waals surface area contributed by atoms with Gasteiger partial charge in [0.15, 0.2) is 0 Å². The summed E-state index contributed by atoms with van der Waals surface area (Å²) in [5.74, 6) is 0. The summed E-state index contributed by atoms with van der Waals surface area (Å²) < 4.78 is 0. The first-order valence-corrected chi connectivity index (χ1v) is 6.04. The fourth-order valence-corrected chi connectivity index (χ4v) is 2.54. The minimum absolute atomic E-state index is 0. The molecule has 0 radical (unpaired) electrons. The summed E-state index contributed by atoms with van der Waals surface area (Å²) in [7, 11) is 0. The summed E-state index contributed by atoms with van der Waals surface area (Å²) in [5.41, 5.74) is 9.61. The molecular weight excluding hydrogens is 261 g/mol. The predicted molar refractivity (Wildman–Crippen MR) is 73.8 cm³/mol. The fraction of sp³-hybridized carbons (Fsp3) is 0.167. The zero-order valence-electron chi connectivity index (χ0n) is 8.81. The van der Waals surface area contributed by atoms with Crippen LogP contribution < -0.4 is 5.73 Å². The Bertz CT molecular complexity index is 454. The molecule has 1 aromatic carbocycles. The number of hydrogen-bond acceptors (Lipinski definition) is 2. The van der Waals surface area contributed by atoms with Crippen molar-refractivity contribution in [2.24, 2.45) is 5.73 Å². The Morgan fingerprint density at radius 2 is 2.06 bits per heavy atom. The molecule has 0 saturated heterocycles. The third-order valence-electron chi connectivity index (χ3n) is 2.47. The summed E-state index contributed by atoms with van der Waals surface area (Å²) in [4.78, 5) is 0. The van der Waals surface area contributed by atoms with Gasteiger partial charge in [-0.3, -0.25) is 0 Å². The van der Waals surface area contributed by atoms with Gasteiger partial charge in [0, 0.05) is 5.02 Å². The average Bonchev–Trinajstić information content (AvgIpc) is 2.69. The van der Waals surface area contributed by atoms with Gasteiger partial charge in [-0.1, -0.05) is 17.7 Å². The maximum atomic E-state index is 6.18. The lowest BCUT2D eigenvalue weighted by Crippen LogP contribution is -2.12. The van der Waals surface area contributed by atoms with Gasteiger partial charge in [0.1, 0.15) is 0 Å². The maximum Gasteiger partial charge on any atom is 0.0562 e. The Morgan fingerprint density at radius 3 is 2.62 bits per heavy atom. The first-order valence-electron chi connectivity index (χ1n) is 4.72. The minimum Gasteiger partial charge on any atom is -0.320 e. The number of aryl methyl sites for hydroxylation is 1. The molecule has 2 aromatic rings. The molecule has 1 atom stereocenters. The molecule has 0 fully saturated rings. The van der Waals surface area contributed by atoms with Crippen LogP contribution in [0.25, 0.3) is 0 Å². The van der Waals surface area contributed by atoms with E-state index in [0.717, 1.165) is 21.7 Å². The normalized spacial score (nSPS) is 11.9. The third kappa shape index (κ3) is 2.77. The Hall–Kier alpha value is -0.540. The van der Waals surface area contributed by atoms with E-state index in [1.807, 2.05) is 30.5 Å². The van der Waals surface area contributed by atoms with Crippen molar-refractivity contribution in [2.45, 2.75) is 13.0 Å². The highest BCUT2D eigenvalue weighted by Crippen LogP contribution is 2.26. The second-order valence-electron chi connectivity index (χ2n) is 3.54. The SMILES string of the molecule is Cc1cc(Cl)ccc1[C@@H](N)c1ccsc1.Cl. The zero-order chi connectivity index (χ0) is 10.8. The smallest absolute Gasteiger partial charge is 0.0562 e. The Kier molecular flexibility index (Phi) is 4.81. The summed E-state index contributed by atoms with van der Waals surface area (Å²) in [5, 5.41) is 4.88. The summed E-state index contributed by atoms with van der Waals surface area (Å²) in [6, 6.07) is 7.84. The summed E-state index contributed by atoms with van der Waals surface area (Å²) >= 11 is 7.57. The summed E-state index contributed by atoms with van der Waals surface area (Å²) in [6.45, 7) is 2.04. The molecule has 2 N–H and O–H groups in total. The van der Waals surface area contributed by atoms with E-state index >= 15 is 0 Å². The largest absolute Gasteiger partial charge is 0.320 e. The highest BCUT2D eigenvalue weighted by atomic mass is 35.5. The molecule has 1 heterocycles. The third-order valence-corrected chi connectivity index (χ3v) is 3.41. The number of benzene rings is 1. The van der Waals surface area contributed by atoms with Crippen molar-refractivity contribution >= 4 is 35.3 Å². The van der Waals surface area contributed by atoms with Gasteiger partial charge in [0.05, 0.1) is 6.04 Å². The van der Waals surface area contributed by atoms with E-state index in [1.165, 1.54) is 0 Å². The molecular formula is C12H13Cl2NS. The highest BCUT2D eigenvalue weighted by molar-refractivity contribution is 7.08. The van der Waals surface area contributed by atoms with Gasteiger partial charge in [-0.15, -0.1) is 12.4 Å². The molecule has 4 heteroatoms. The standard InChI is InChI=1S/C12H12ClNS.ClH/c1-8-6-10(13)2-3-11(8)12(14)9-4-5-15-7-9;/h2-7,12H,14H2,1H3;1H/t12-;/m0./s1. The van der Waals surface area contributed by atoms with Gasteiger partial charge >= 0.3 is 0 Å². The molecule has 0 aliphatic heterocycles. The average molecular weight is 274 g/mol. The van der Waals surface area contributed by atoms with Crippen molar-refractivity contribution in [1.29, 1.82) is 0 Å². The summed E-state index contributed by atoms with van der Waals surface area (Å²) in [6.07, 6.45) is 0. The molecule has 2 rings (SSSR count). The van der Waals surface area contributed by atoms with Crippen molar-refractivity contribution in [3.63, 3.8) is 0 Å². The number of thiophene rings is 1. The first-order chi connectivity index (χ1) is 7.18. The zero-order valence-corrected chi connectivity index (χ0v) is 11.2. The predicted octanol–water partition coefficient (Wildman–Crippen LogP) is 4.18. The van der Waals surface area contributed by atoms with Crippen LogP contribution in [0.1, 0.15) is 22.7 Å². The van der Waals surface area contributed by atoms with E-state index in [-0.39, 0.29) is 18.4 Å². The number of rotatable bonds is 2. The van der Waals surface area contributed by atoms with Gasteiger partial charge in [-0.05, 0) is 52.6 Å². The van der Waals surface area contributed by atoms with E-state index in [4.69, 9.17) is 17.3 Å². The van der Waals surface area contributed by atoms with E-state index < -0.39 is 0 Å². The van der Waals surface area contributed by atoms with Crippen molar-refractivity contribution in [3.8, 4) is 0 Å². The van der Waals surface area contributed by atoms with Crippen LogP contribution in [-0.2, 0) is 0 Å². The molecule has 1 aromatic heterocycles. The van der Waals surface area contributed by atoms with E-state index in [0.29, 0.717) is 0 Å². The lowest BCUT2D eigenvalue weighted by Gasteiger charge is -2.13. The molecule has 0 spiro atoms. The topological polar surface area (TPSA) is 26.0 Å². The van der Waals surface area contributed by atoms with Crippen LogP contribution in [0.3, 0.4) is 0 Å². The molecule has 86 valence electrons. The highest BCUT2D eigenvalue weighted by Gasteiger charge is 2.11. The fourth-order valence-electron chi connectivity index (χ4n) is 1.62.